The lowest BCUT2D eigenvalue weighted by molar-refractivity contribution is -0.108. The first-order chi connectivity index (χ1) is 12.6. The van der Waals surface area contributed by atoms with Gasteiger partial charge in [0.1, 0.15) is 0 Å². The first-order valence-electron chi connectivity index (χ1n) is 8.27. The number of fused-ring (bicyclic) bond motifs is 3. The number of aromatic nitrogens is 3. The highest BCUT2D eigenvalue weighted by Gasteiger charge is 2.29. The summed E-state index contributed by atoms with van der Waals surface area (Å²) < 4.78 is 2.89. The third-order valence-electron chi connectivity index (χ3n) is 4.70. The number of rotatable bonds is 3. The average molecular weight is 432 g/mol. The Morgan fingerprint density at radius 3 is 2.92 bits per heavy atom. The van der Waals surface area contributed by atoms with Gasteiger partial charge >= 0.3 is 0 Å². The molecule has 0 radical (unpaired) electrons. The Morgan fingerprint density at radius 1 is 1.31 bits per heavy atom. The molecule has 3 aromatic rings. The van der Waals surface area contributed by atoms with Crippen molar-refractivity contribution in [3.8, 4) is 11.3 Å². The van der Waals surface area contributed by atoms with Crippen LogP contribution in [0.15, 0.2) is 46.9 Å². The van der Waals surface area contributed by atoms with Crippen LogP contribution in [0.3, 0.4) is 0 Å². The third-order valence-corrected chi connectivity index (χ3v) is 5.43. The summed E-state index contributed by atoms with van der Waals surface area (Å²) in [5.74, 6) is 0. The van der Waals surface area contributed by atoms with E-state index in [2.05, 4.69) is 38.4 Å². The fraction of sp³-hybridized carbons (Fsp3) is 0.211. The van der Waals surface area contributed by atoms with Crippen molar-refractivity contribution in [2.45, 2.75) is 25.9 Å². The summed E-state index contributed by atoms with van der Waals surface area (Å²) in [6, 6.07) is 13.4. The van der Waals surface area contributed by atoms with E-state index in [4.69, 9.17) is 11.6 Å². The van der Waals surface area contributed by atoms with Crippen LogP contribution in [0.25, 0.3) is 11.3 Å². The van der Waals surface area contributed by atoms with Gasteiger partial charge < -0.3 is 4.90 Å². The van der Waals surface area contributed by atoms with E-state index < -0.39 is 0 Å². The van der Waals surface area contributed by atoms with Crippen LogP contribution in [0, 0.1) is 6.92 Å². The molecule has 1 aromatic heterocycles. The van der Waals surface area contributed by atoms with Gasteiger partial charge in [0.2, 0.25) is 6.41 Å². The highest BCUT2D eigenvalue weighted by Crippen LogP contribution is 2.40. The van der Waals surface area contributed by atoms with Gasteiger partial charge in [-0.25, -0.2) is 4.68 Å². The summed E-state index contributed by atoms with van der Waals surface area (Å²) in [7, 11) is 0. The zero-order valence-corrected chi connectivity index (χ0v) is 16.4. The van der Waals surface area contributed by atoms with Gasteiger partial charge in [0.25, 0.3) is 0 Å². The van der Waals surface area contributed by atoms with E-state index in [1.165, 1.54) is 0 Å². The molecule has 0 saturated carbocycles. The monoisotopic (exact) mass is 430 g/mol. The molecule has 1 unspecified atom stereocenters. The number of nitrogens with zero attached hydrogens (tertiary/aromatic N) is 4. The Bertz CT molecular complexity index is 987. The van der Waals surface area contributed by atoms with E-state index in [0.29, 0.717) is 11.6 Å². The molecule has 1 aliphatic heterocycles. The number of anilines is 1. The molecule has 2 aromatic carbocycles. The number of hydrogen-bond donors (Lipinski definition) is 0. The van der Waals surface area contributed by atoms with E-state index in [-0.39, 0.29) is 6.04 Å². The Labute approximate surface area is 164 Å². The number of aryl methyl sites for hydroxylation is 2. The SMILES string of the molecule is Cc1nnn2c1-c1ccc(Br)cc1C(N(C=O)c1cccc(Cl)c1)CC2. The fourth-order valence-corrected chi connectivity index (χ4v) is 4.12. The molecule has 2 heterocycles. The van der Waals surface area contributed by atoms with E-state index >= 15 is 0 Å². The van der Waals surface area contributed by atoms with Crippen molar-refractivity contribution in [1.29, 1.82) is 0 Å². The zero-order chi connectivity index (χ0) is 18.3. The van der Waals surface area contributed by atoms with Crippen molar-refractivity contribution in [3.63, 3.8) is 0 Å². The largest absolute Gasteiger partial charge is 0.307 e. The summed E-state index contributed by atoms with van der Waals surface area (Å²) in [5, 5.41) is 9.09. The summed E-state index contributed by atoms with van der Waals surface area (Å²) in [6.07, 6.45) is 1.60. The molecule has 0 spiro atoms. The lowest BCUT2D eigenvalue weighted by Crippen LogP contribution is -2.28. The maximum Gasteiger partial charge on any atom is 0.214 e. The normalized spacial score (nSPS) is 15.7. The molecular weight excluding hydrogens is 416 g/mol. The number of amides is 1. The lowest BCUT2D eigenvalue weighted by atomic mass is 9.95. The minimum atomic E-state index is -0.125. The van der Waals surface area contributed by atoms with Crippen LogP contribution in [0.5, 0.6) is 0 Å². The molecule has 1 atom stereocenters. The molecule has 26 heavy (non-hydrogen) atoms. The van der Waals surface area contributed by atoms with Crippen molar-refractivity contribution in [2.75, 3.05) is 4.90 Å². The van der Waals surface area contributed by atoms with Gasteiger partial charge in [0.15, 0.2) is 0 Å². The maximum absolute atomic E-state index is 12.0. The van der Waals surface area contributed by atoms with E-state index in [1.807, 2.05) is 35.9 Å². The molecule has 0 saturated heterocycles. The first-order valence-corrected chi connectivity index (χ1v) is 9.44. The van der Waals surface area contributed by atoms with E-state index in [9.17, 15) is 4.79 Å². The number of halogens is 2. The van der Waals surface area contributed by atoms with Crippen LogP contribution in [0.2, 0.25) is 5.02 Å². The molecule has 1 aliphatic rings. The predicted octanol–water partition coefficient (Wildman–Crippen LogP) is 4.78. The summed E-state index contributed by atoms with van der Waals surface area (Å²) in [4.78, 5) is 13.8. The van der Waals surface area contributed by atoms with Gasteiger partial charge in [0, 0.05) is 27.3 Å². The average Bonchev–Trinajstić information content (AvgIpc) is 2.91. The molecule has 0 fully saturated rings. The number of carbonyl (C=O) groups excluding carboxylic acids is 1. The van der Waals surface area contributed by atoms with Crippen molar-refractivity contribution in [3.05, 3.63) is 63.2 Å². The maximum atomic E-state index is 12.0. The summed E-state index contributed by atoms with van der Waals surface area (Å²) >= 11 is 9.71. The standard InChI is InChI=1S/C19H16BrClN4O/c1-12-19-16-6-5-13(20)9-17(16)18(7-8-25(19)23-22-12)24(11-26)15-4-2-3-14(21)10-15/h2-6,9-11,18H,7-8H2,1H3. The van der Waals surface area contributed by atoms with Crippen LogP contribution in [0.1, 0.15) is 23.7 Å². The quantitative estimate of drug-likeness (QED) is 0.561. The first kappa shape index (κ1) is 17.2. The third kappa shape index (κ3) is 2.93. The van der Waals surface area contributed by atoms with Crippen LogP contribution < -0.4 is 4.90 Å². The van der Waals surface area contributed by atoms with Crippen LogP contribution in [0.4, 0.5) is 5.69 Å². The highest BCUT2D eigenvalue weighted by molar-refractivity contribution is 9.10. The Morgan fingerprint density at radius 2 is 2.15 bits per heavy atom. The summed E-state index contributed by atoms with van der Waals surface area (Å²) in [6.45, 7) is 2.64. The van der Waals surface area contributed by atoms with E-state index in [0.717, 1.165) is 45.5 Å². The Kier molecular flexibility index (Phi) is 4.54. The molecule has 7 heteroatoms. The van der Waals surface area contributed by atoms with Gasteiger partial charge in [-0.3, -0.25) is 4.79 Å². The molecule has 0 aliphatic carbocycles. The minimum absolute atomic E-state index is 0.125. The topological polar surface area (TPSA) is 51.0 Å². The number of carbonyl (C=O) groups is 1. The van der Waals surface area contributed by atoms with Gasteiger partial charge in [-0.1, -0.05) is 44.9 Å². The fourth-order valence-electron chi connectivity index (χ4n) is 3.56. The van der Waals surface area contributed by atoms with Gasteiger partial charge in [-0.2, -0.15) is 0 Å². The smallest absolute Gasteiger partial charge is 0.214 e. The molecule has 5 nitrogen and oxygen atoms in total. The molecule has 1 amide bonds. The van der Waals surface area contributed by atoms with Crippen molar-refractivity contribution >= 4 is 39.6 Å². The van der Waals surface area contributed by atoms with Crippen LogP contribution >= 0.6 is 27.5 Å². The van der Waals surface area contributed by atoms with Gasteiger partial charge in [-0.15, -0.1) is 5.10 Å². The minimum Gasteiger partial charge on any atom is -0.307 e. The highest BCUT2D eigenvalue weighted by atomic mass is 79.9. The molecule has 132 valence electrons. The molecule has 0 bridgehead atoms. The Hall–Kier alpha value is -2.18. The van der Waals surface area contributed by atoms with Gasteiger partial charge in [0.05, 0.1) is 17.4 Å². The Balaban J connectivity index is 1.89. The van der Waals surface area contributed by atoms with Crippen LogP contribution in [-0.4, -0.2) is 21.4 Å². The van der Waals surface area contributed by atoms with E-state index in [1.54, 1.807) is 11.0 Å². The summed E-state index contributed by atoms with van der Waals surface area (Å²) in [5.41, 5.74) is 4.78. The second-order valence-corrected chi connectivity index (χ2v) is 7.63. The lowest BCUT2D eigenvalue weighted by Gasteiger charge is -2.29. The second-order valence-electron chi connectivity index (χ2n) is 6.28. The molecule has 0 N–H and O–H groups in total. The van der Waals surface area contributed by atoms with Crippen molar-refractivity contribution < 1.29 is 4.79 Å². The number of benzene rings is 2. The van der Waals surface area contributed by atoms with Crippen LogP contribution in [-0.2, 0) is 11.3 Å². The zero-order valence-electron chi connectivity index (χ0n) is 14.1. The van der Waals surface area contributed by atoms with Crippen molar-refractivity contribution in [1.82, 2.24) is 15.0 Å². The van der Waals surface area contributed by atoms with Crippen molar-refractivity contribution in [2.24, 2.45) is 0 Å². The second kappa shape index (κ2) is 6.85. The molecule has 4 rings (SSSR count). The number of hydrogen-bond acceptors (Lipinski definition) is 3. The predicted molar refractivity (Wildman–Crippen MR) is 105 cm³/mol. The molecular formula is C19H16BrClN4O. The van der Waals surface area contributed by atoms with Gasteiger partial charge in [-0.05, 0) is 49.2 Å².